The summed E-state index contributed by atoms with van der Waals surface area (Å²) < 4.78 is 6.79. The second-order valence-corrected chi connectivity index (χ2v) is 9.19. The molecule has 0 spiro atoms. The maximum absolute atomic E-state index is 12.7. The van der Waals surface area contributed by atoms with Gasteiger partial charge in [0.1, 0.15) is 10.1 Å². The molecule has 0 atom stereocenters. The lowest BCUT2D eigenvalue weighted by Crippen LogP contribution is -2.29. The Hall–Kier alpha value is -1.91. The van der Waals surface area contributed by atoms with Gasteiger partial charge in [-0.25, -0.2) is 0 Å². The van der Waals surface area contributed by atoms with E-state index in [0.29, 0.717) is 28.6 Å². The van der Waals surface area contributed by atoms with Crippen LogP contribution in [0, 0.1) is 3.57 Å². The van der Waals surface area contributed by atoms with Crippen LogP contribution in [0.25, 0.3) is 6.08 Å². The summed E-state index contributed by atoms with van der Waals surface area (Å²) in [6.45, 7) is 0.417. The van der Waals surface area contributed by atoms with Gasteiger partial charge < -0.3 is 10.1 Å². The Morgan fingerprint density at radius 2 is 2.07 bits per heavy atom. The first-order chi connectivity index (χ1) is 14.0. The maximum Gasteiger partial charge on any atom is 0.266 e. The number of anilines is 1. The Balaban J connectivity index is 1.54. The molecule has 0 bridgehead atoms. The van der Waals surface area contributed by atoms with Crippen LogP contribution in [0.1, 0.15) is 18.4 Å². The molecule has 0 aromatic heterocycles. The fourth-order valence-electron chi connectivity index (χ4n) is 2.76. The van der Waals surface area contributed by atoms with Crippen molar-refractivity contribution in [3.63, 3.8) is 0 Å². The van der Waals surface area contributed by atoms with Crippen molar-refractivity contribution in [1.29, 1.82) is 0 Å². The molecule has 1 fully saturated rings. The third kappa shape index (κ3) is 6.03. The largest absolute Gasteiger partial charge is 0.497 e. The highest BCUT2D eigenvalue weighted by molar-refractivity contribution is 14.1. The zero-order chi connectivity index (χ0) is 20.8. The molecule has 0 unspecified atom stereocenters. The van der Waals surface area contributed by atoms with E-state index in [-0.39, 0.29) is 11.8 Å². The van der Waals surface area contributed by atoms with Crippen molar-refractivity contribution in [3.05, 3.63) is 62.6 Å². The number of thioether (sulfide) groups is 1. The number of hydrogen-bond acceptors (Lipinski definition) is 5. The molecule has 3 rings (SSSR count). The Kier molecular flexibility index (Phi) is 7.68. The van der Waals surface area contributed by atoms with Gasteiger partial charge in [0, 0.05) is 22.2 Å². The van der Waals surface area contributed by atoms with Gasteiger partial charge in [-0.15, -0.1) is 0 Å². The Morgan fingerprint density at radius 1 is 1.28 bits per heavy atom. The lowest BCUT2D eigenvalue weighted by atomic mass is 10.2. The molecule has 8 heteroatoms. The van der Waals surface area contributed by atoms with Crippen LogP contribution in [-0.2, 0) is 9.59 Å². The summed E-state index contributed by atoms with van der Waals surface area (Å²) in [6.07, 6.45) is 2.66. The lowest BCUT2D eigenvalue weighted by molar-refractivity contribution is -0.122. The third-order valence-corrected chi connectivity index (χ3v) is 6.21. The van der Waals surface area contributed by atoms with Gasteiger partial charge in [0.2, 0.25) is 5.91 Å². The van der Waals surface area contributed by atoms with Crippen LogP contribution in [0.15, 0.2) is 53.4 Å². The zero-order valence-corrected chi connectivity index (χ0v) is 19.5. The van der Waals surface area contributed by atoms with Crippen LogP contribution < -0.4 is 10.1 Å². The van der Waals surface area contributed by atoms with Gasteiger partial charge in [-0.1, -0.05) is 42.2 Å². The molecule has 150 valence electrons. The summed E-state index contributed by atoms with van der Waals surface area (Å²) in [5.41, 5.74) is 1.65. The molecule has 1 aliphatic rings. The second kappa shape index (κ2) is 10.2. The van der Waals surface area contributed by atoms with Crippen LogP contribution in [0.3, 0.4) is 0 Å². The highest BCUT2D eigenvalue weighted by Gasteiger charge is 2.31. The van der Waals surface area contributed by atoms with Crippen molar-refractivity contribution in [2.45, 2.75) is 12.8 Å². The van der Waals surface area contributed by atoms with E-state index in [2.05, 4.69) is 27.9 Å². The van der Waals surface area contributed by atoms with E-state index in [9.17, 15) is 9.59 Å². The van der Waals surface area contributed by atoms with Gasteiger partial charge in [-0.3, -0.25) is 14.5 Å². The minimum atomic E-state index is -0.124. The number of ether oxygens (including phenoxy) is 1. The van der Waals surface area contributed by atoms with E-state index < -0.39 is 0 Å². The van der Waals surface area contributed by atoms with Gasteiger partial charge >= 0.3 is 0 Å². The monoisotopic (exact) mass is 538 g/mol. The van der Waals surface area contributed by atoms with Gasteiger partial charge in [-0.05, 0) is 71.0 Å². The summed E-state index contributed by atoms with van der Waals surface area (Å²) in [5, 5.41) is 2.87. The molecule has 1 saturated heterocycles. The normalized spacial score (nSPS) is 15.1. The number of thiocarbonyl (C=S) groups is 1. The molecule has 1 aliphatic heterocycles. The minimum absolute atomic E-state index is 0.0793. The second-order valence-electron chi connectivity index (χ2n) is 6.27. The van der Waals surface area contributed by atoms with Crippen LogP contribution in [0.2, 0.25) is 0 Å². The van der Waals surface area contributed by atoms with Gasteiger partial charge in [0.15, 0.2) is 0 Å². The number of rotatable bonds is 7. The summed E-state index contributed by atoms with van der Waals surface area (Å²) in [5.74, 6) is 0.526. The van der Waals surface area contributed by atoms with Crippen molar-refractivity contribution in [1.82, 2.24) is 4.90 Å². The summed E-state index contributed by atoms with van der Waals surface area (Å²) >= 11 is 8.84. The van der Waals surface area contributed by atoms with E-state index in [0.717, 1.165) is 20.6 Å². The molecule has 29 heavy (non-hydrogen) atoms. The Labute approximate surface area is 193 Å². The zero-order valence-electron chi connectivity index (χ0n) is 15.7. The molecule has 0 aliphatic carbocycles. The predicted octanol–water partition coefficient (Wildman–Crippen LogP) is 4.92. The summed E-state index contributed by atoms with van der Waals surface area (Å²) in [7, 11) is 1.60. The van der Waals surface area contributed by atoms with E-state index >= 15 is 0 Å². The number of methoxy groups -OCH3 is 1. The molecule has 2 aromatic carbocycles. The minimum Gasteiger partial charge on any atom is -0.497 e. The van der Waals surface area contributed by atoms with Gasteiger partial charge in [-0.2, -0.15) is 0 Å². The number of amides is 2. The van der Waals surface area contributed by atoms with Crippen LogP contribution in [0.5, 0.6) is 5.75 Å². The number of nitrogens with one attached hydrogen (secondary N) is 1. The van der Waals surface area contributed by atoms with Gasteiger partial charge in [0.25, 0.3) is 5.91 Å². The van der Waals surface area contributed by atoms with E-state index in [1.54, 1.807) is 12.0 Å². The molecule has 1 N–H and O–H groups in total. The number of nitrogens with zero attached hydrogens (tertiary/aromatic N) is 1. The Morgan fingerprint density at radius 3 is 2.83 bits per heavy atom. The highest BCUT2D eigenvalue weighted by Crippen LogP contribution is 2.33. The average molecular weight is 538 g/mol. The van der Waals surface area contributed by atoms with E-state index in [1.807, 2.05) is 54.6 Å². The molecule has 0 radical (unpaired) electrons. The summed E-state index contributed by atoms with van der Waals surface area (Å²) in [4.78, 5) is 27.0. The lowest BCUT2D eigenvalue weighted by Gasteiger charge is -2.14. The van der Waals surface area contributed by atoms with Crippen LogP contribution in [0.4, 0.5) is 5.69 Å². The fourth-order valence-corrected chi connectivity index (χ4v) is 4.61. The SMILES string of the molecule is COc1cccc(C=C2SC(=S)N(CCCC(=O)Nc3cccc(I)c3)C2=O)c1. The topological polar surface area (TPSA) is 58.6 Å². The van der Waals surface area contributed by atoms with Crippen LogP contribution in [-0.4, -0.2) is 34.7 Å². The maximum atomic E-state index is 12.7. The Bertz CT molecular complexity index is 978. The first-order valence-electron chi connectivity index (χ1n) is 8.91. The smallest absolute Gasteiger partial charge is 0.266 e. The van der Waals surface area contributed by atoms with E-state index in [1.165, 1.54) is 11.8 Å². The van der Waals surface area contributed by atoms with Crippen molar-refractivity contribution in [3.8, 4) is 5.75 Å². The van der Waals surface area contributed by atoms with Crippen molar-refractivity contribution >= 4 is 74.5 Å². The number of carbonyl (C=O) groups is 2. The standard InChI is InChI=1S/C21H19IN2O3S2/c1-27-17-8-2-5-14(11-17)12-18-20(26)24(21(28)29-18)10-4-9-19(25)23-16-7-3-6-15(22)13-16/h2-3,5-8,11-13H,4,9-10H2,1H3,(H,23,25). The predicted molar refractivity (Wildman–Crippen MR) is 130 cm³/mol. The molecule has 5 nitrogen and oxygen atoms in total. The molecule has 1 heterocycles. The molecular weight excluding hydrogens is 519 g/mol. The average Bonchev–Trinajstić information content (AvgIpc) is 2.95. The third-order valence-electron chi connectivity index (χ3n) is 4.16. The molecular formula is C21H19IN2O3S2. The van der Waals surface area contributed by atoms with Crippen molar-refractivity contribution < 1.29 is 14.3 Å². The first kappa shape index (κ1) is 21.8. The highest BCUT2D eigenvalue weighted by atomic mass is 127. The quantitative estimate of drug-likeness (QED) is 0.308. The van der Waals surface area contributed by atoms with E-state index in [4.69, 9.17) is 17.0 Å². The van der Waals surface area contributed by atoms with Crippen LogP contribution >= 0.6 is 46.6 Å². The number of hydrogen-bond donors (Lipinski definition) is 1. The molecule has 0 saturated carbocycles. The van der Waals surface area contributed by atoms with Gasteiger partial charge in [0.05, 0.1) is 12.0 Å². The summed E-state index contributed by atoms with van der Waals surface area (Å²) in [6, 6.07) is 15.1. The number of benzene rings is 2. The van der Waals surface area contributed by atoms with Crippen molar-refractivity contribution in [2.75, 3.05) is 19.0 Å². The first-order valence-corrected chi connectivity index (χ1v) is 11.2. The molecule has 2 amide bonds. The molecule has 2 aromatic rings. The van der Waals surface area contributed by atoms with Crippen molar-refractivity contribution in [2.24, 2.45) is 0 Å². The number of halogens is 1. The number of carbonyl (C=O) groups excluding carboxylic acids is 2. The fraction of sp³-hybridized carbons (Fsp3) is 0.190.